The molecule has 172 valence electrons. The maximum absolute atomic E-state index is 12.2. The summed E-state index contributed by atoms with van der Waals surface area (Å²) in [5, 5.41) is 6.00. The molecule has 0 aliphatic carbocycles. The van der Waals surface area contributed by atoms with Gasteiger partial charge in [0.2, 0.25) is 0 Å². The number of carbonyl (C=O) groups excluding carboxylic acids is 2. The number of unbranched alkanes of at least 4 members (excludes halogenated alkanes) is 2. The topological polar surface area (TPSA) is 61.4 Å². The minimum absolute atomic E-state index is 0.0203. The molecule has 0 spiro atoms. The Balaban J connectivity index is 1.37. The summed E-state index contributed by atoms with van der Waals surface area (Å²) in [7, 11) is 0. The molecular weight excluding hydrogens is 410 g/mol. The first-order valence-electron chi connectivity index (χ1n) is 11.7. The number of hydrogen-bond donors (Lipinski definition) is 2. The number of hydrogen-bond acceptors (Lipinski definition) is 3. The highest BCUT2D eigenvalue weighted by Crippen LogP contribution is 2.15. The Morgan fingerprint density at radius 2 is 0.939 bits per heavy atom. The molecule has 2 amide bonds. The zero-order chi connectivity index (χ0) is 23.1. The van der Waals surface area contributed by atoms with E-state index in [2.05, 4.69) is 39.8 Å². The van der Waals surface area contributed by atoms with E-state index in [4.69, 9.17) is 0 Å². The fourth-order valence-electron chi connectivity index (χ4n) is 3.65. The molecule has 0 aliphatic rings. The normalized spacial score (nSPS) is 10.4. The number of anilines is 1. The number of para-hydroxylation sites is 1. The standard InChI is InChI=1S/C28H33N3O2/c32-27(24-14-4-1-5-15-24)29-20-10-12-22-31(26-18-8-3-9-19-26)23-13-11-21-30-28(33)25-16-6-2-7-17-25/h1-9,14-19H,10-13,20-23H2,(H,29,32)(H,30,33). The molecule has 0 bridgehead atoms. The molecule has 0 aliphatic heterocycles. The first-order chi connectivity index (χ1) is 16.2. The summed E-state index contributed by atoms with van der Waals surface area (Å²) in [4.78, 5) is 26.7. The average Bonchev–Trinajstić information content (AvgIpc) is 2.88. The zero-order valence-electron chi connectivity index (χ0n) is 19.1. The molecule has 5 nitrogen and oxygen atoms in total. The Labute approximate surface area is 196 Å². The van der Waals surface area contributed by atoms with Crippen LogP contribution in [0.4, 0.5) is 5.69 Å². The molecule has 0 fully saturated rings. The lowest BCUT2D eigenvalue weighted by Crippen LogP contribution is -2.29. The highest BCUT2D eigenvalue weighted by molar-refractivity contribution is 5.94. The summed E-state index contributed by atoms with van der Waals surface area (Å²) < 4.78 is 0. The third-order valence-electron chi connectivity index (χ3n) is 5.47. The van der Waals surface area contributed by atoms with Crippen LogP contribution in [-0.2, 0) is 0 Å². The van der Waals surface area contributed by atoms with E-state index in [9.17, 15) is 9.59 Å². The van der Waals surface area contributed by atoms with Gasteiger partial charge in [-0.2, -0.15) is 0 Å². The summed E-state index contributed by atoms with van der Waals surface area (Å²) in [6, 6.07) is 29.0. The van der Waals surface area contributed by atoms with Crippen molar-refractivity contribution < 1.29 is 9.59 Å². The van der Waals surface area contributed by atoms with Gasteiger partial charge in [0.05, 0.1) is 0 Å². The SMILES string of the molecule is O=C(NCCCCN(CCCCNC(=O)c1ccccc1)c1ccccc1)c1ccccc1. The van der Waals surface area contributed by atoms with E-state index in [-0.39, 0.29) is 11.8 Å². The summed E-state index contributed by atoms with van der Waals surface area (Å²) in [6.45, 7) is 3.20. The first-order valence-corrected chi connectivity index (χ1v) is 11.7. The van der Waals surface area contributed by atoms with Crippen molar-refractivity contribution in [1.82, 2.24) is 10.6 Å². The van der Waals surface area contributed by atoms with Gasteiger partial charge in [-0.1, -0.05) is 54.6 Å². The molecule has 0 saturated heterocycles. The molecule has 33 heavy (non-hydrogen) atoms. The Morgan fingerprint density at radius 1 is 0.545 bits per heavy atom. The van der Waals surface area contributed by atoms with Crippen molar-refractivity contribution in [2.24, 2.45) is 0 Å². The lowest BCUT2D eigenvalue weighted by molar-refractivity contribution is 0.0945. The molecule has 2 N–H and O–H groups in total. The second kappa shape index (κ2) is 13.7. The van der Waals surface area contributed by atoms with E-state index >= 15 is 0 Å². The van der Waals surface area contributed by atoms with Crippen LogP contribution in [0.3, 0.4) is 0 Å². The number of nitrogens with zero attached hydrogens (tertiary/aromatic N) is 1. The van der Waals surface area contributed by atoms with Crippen LogP contribution < -0.4 is 15.5 Å². The lowest BCUT2D eigenvalue weighted by atomic mass is 10.2. The van der Waals surface area contributed by atoms with Crippen molar-refractivity contribution in [3.05, 3.63) is 102 Å². The van der Waals surface area contributed by atoms with Crippen molar-refractivity contribution in [2.75, 3.05) is 31.1 Å². The smallest absolute Gasteiger partial charge is 0.251 e. The minimum atomic E-state index is -0.0203. The largest absolute Gasteiger partial charge is 0.372 e. The Bertz CT molecular complexity index is 901. The van der Waals surface area contributed by atoms with Gasteiger partial charge in [-0.05, 0) is 62.1 Å². The molecule has 0 saturated carbocycles. The number of carbonyl (C=O) groups is 2. The van der Waals surface area contributed by atoms with Crippen molar-refractivity contribution in [3.8, 4) is 0 Å². The lowest BCUT2D eigenvalue weighted by Gasteiger charge is -2.25. The third kappa shape index (κ3) is 8.45. The van der Waals surface area contributed by atoms with E-state index in [1.165, 1.54) is 5.69 Å². The van der Waals surface area contributed by atoms with Gasteiger partial charge in [-0.25, -0.2) is 0 Å². The number of benzene rings is 3. The van der Waals surface area contributed by atoms with Crippen molar-refractivity contribution >= 4 is 17.5 Å². The Kier molecular flexibility index (Phi) is 10.0. The molecule has 0 atom stereocenters. The summed E-state index contributed by atoms with van der Waals surface area (Å²) in [6.07, 6.45) is 3.84. The van der Waals surface area contributed by atoms with Gasteiger partial charge in [0.1, 0.15) is 0 Å². The van der Waals surface area contributed by atoms with Gasteiger partial charge in [0.15, 0.2) is 0 Å². The van der Waals surface area contributed by atoms with Gasteiger partial charge in [0.25, 0.3) is 11.8 Å². The van der Waals surface area contributed by atoms with E-state index in [1.807, 2.05) is 66.7 Å². The van der Waals surface area contributed by atoms with Crippen LogP contribution in [0, 0.1) is 0 Å². The summed E-state index contributed by atoms with van der Waals surface area (Å²) in [5.41, 5.74) is 2.60. The van der Waals surface area contributed by atoms with Gasteiger partial charge < -0.3 is 15.5 Å². The van der Waals surface area contributed by atoms with Crippen LogP contribution in [0.5, 0.6) is 0 Å². The maximum atomic E-state index is 12.2. The minimum Gasteiger partial charge on any atom is -0.372 e. The molecule has 0 unspecified atom stereocenters. The van der Waals surface area contributed by atoms with Gasteiger partial charge in [0, 0.05) is 43.0 Å². The average molecular weight is 444 g/mol. The summed E-state index contributed by atoms with van der Waals surface area (Å²) in [5.74, 6) is -0.0406. The summed E-state index contributed by atoms with van der Waals surface area (Å²) >= 11 is 0. The zero-order valence-corrected chi connectivity index (χ0v) is 19.1. The van der Waals surface area contributed by atoms with E-state index in [0.29, 0.717) is 24.2 Å². The van der Waals surface area contributed by atoms with E-state index in [0.717, 1.165) is 38.8 Å². The van der Waals surface area contributed by atoms with Crippen LogP contribution in [0.25, 0.3) is 0 Å². The quantitative estimate of drug-likeness (QED) is 0.369. The molecular formula is C28H33N3O2. The second-order valence-electron chi connectivity index (χ2n) is 7.98. The molecule has 5 heteroatoms. The van der Waals surface area contributed by atoms with E-state index < -0.39 is 0 Å². The molecule has 0 heterocycles. The highest BCUT2D eigenvalue weighted by atomic mass is 16.2. The fourth-order valence-corrected chi connectivity index (χ4v) is 3.65. The number of amides is 2. The Morgan fingerprint density at radius 3 is 1.36 bits per heavy atom. The molecule has 3 aromatic rings. The molecule has 3 rings (SSSR count). The third-order valence-corrected chi connectivity index (χ3v) is 5.47. The van der Waals surface area contributed by atoms with Crippen molar-refractivity contribution in [1.29, 1.82) is 0 Å². The van der Waals surface area contributed by atoms with Crippen LogP contribution in [0.1, 0.15) is 46.4 Å². The number of nitrogens with one attached hydrogen (secondary N) is 2. The monoisotopic (exact) mass is 443 g/mol. The number of rotatable bonds is 13. The molecule has 3 aromatic carbocycles. The highest BCUT2D eigenvalue weighted by Gasteiger charge is 2.08. The Hall–Kier alpha value is -3.60. The van der Waals surface area contributed by atoms with Gasteiger partial charge in [-0.15, -0.1) is 0 Å². The van der Waals surface area contributed by atoms with Gasteiger partial charge in [-0.3, -0.25) is 9.59 Å². The fraction of sp³-hybridized carbons (Fsp3) is 0.286. The van der Waals surface area contributed by atoms with Crippen LogP contribution in [0.15, 0.2) is 91.0 Å². The molecule has 0 radical (unpaired) electrons. The maximum Gasteiger partial charge on any atom is 0.251 e. The van der Waals surface area contributed by atoms with Crippen molar-refractivity contribution in [3.63, 3.8) is 0 Å². The predicted molar refractivity (Wildman–Crippen MR) is 135 cm³/mol. The van der Waals surface area contributed by atoms with Gasteiger partial charge >= 0.3 is 0 Å². The van der Waals surface area contributed by atoms with E-state index in [1.54, 1.807) is 0 Å². The van der Waals surface area contributed by atoms with Crippen molar-refractivity contribution in [2.45, 2.75) is 25.7 Å². The van der Waals surface area contributed by atoms with Crippen LogP contribution in [-0.4, -0.2) is 38.0 Å². The molecule has 0 aromatic heterocycles. The predicted octanol–water partition coefficient (Wildman–Crippen LogP) is 4.91. The first kappa shape index (κ1) is 24.1. The van der Waals surface area contributed by atoms with Crippen LogP contribution in [0.2, 0.25) is 0 Å². The van der Waals surface area contributed by atoms with Crippen LogP contribution >= 0.6 is 0 Å². The second-order valence-corrected chi connectivity index (χ2v) is 7.98.